The zero-order valence-corrected chi connectivity index (χ0v) is 14.9. The van der Waals surface area contributed by atoms with Gasteiger partial charge < -0.3 is 19.3 Å². The van der Waals surface area contributed by atoms with Gasteiger partial charge in [-0.15, -0.1) is 0 Å². The Kier molecular flexibility index (Phi) is 4.25. The van der Waals surface area contributed by atoms with Gasteiger partial charge in [-0.2, -0.15) is 0 Å². The summed E-state index contributed by atoms with van der Waals surface area (Å²) in [4.78, 5) is 37.3. The van der Waals surface area contributed by atoms with Gasteiger partial charge in [0.25, 0.3) is 5.69 Å². The molecule has 0 unspecified atom stereocenters. The molecule has 0 N–H and O–H groups in total. The van der Waals surface area contributed by atoms with Gasteiger partial charge in [0.15, 0.2) is 0 Å². The molecule has 9 nitrogen and oxygen atoms in total. The molecule has 0 atom stereocenters. The van der Waals surface area contributed by atoms with Crippen molar-refractivity contribution in [3.63, 3.8) is 0 Å². The highest BCUT2D eigenvalue weighted by atomic mass is 16.6. The number of ether oxygens (including phenoxy) is 2. The lowest BCUT2D eigenvalue weighted by Gasteiger charge is -2.59. The van der Waals surface area contributed by atoms with E-state index in [-0.39, 0.29) is 22.9 Å². The Bertz CT molecular complexity index is 726. The van der Waals surface area contributed by atoms with Crippen LogP contribution in [-0.4, -0.2) is 58.7 Å². The fourth-order valence-corrected chi connectivity index (χ4v) is 3.11. The molecular formula is C17H21N3O6. The first kappa shape index (κ1) is 18.0. The number of carbonyl (C=O) groups excluding carboxylic acids is 2. The predicted octanol–water partition coefficient (Wildman–Crippen LogP) is 2.65. The first-order chi connectivity index (χ1) is 12.1. The number of non-ortho nitro benzene ring substituents is 1. The summed E-state index contributed by atoms with van der Waals surface area (Å²) in [6.45, 7) is 7.60. The second-order valence-electron chi connectivity index (χ2n) is 7.81. The maximum atomic E-state index is 12.1. The molecule has 0 aromatic heterocycles. The van der Waals surface area contributed by atoms with Crippen molar-refractivity contribution in [2.75, 3.05) is 26.2 Å². The molecule has 2 fully saturated rings. The van der Waals surface area contributed by atoms with E-state index >= 15 is 0 Å². The molecule has 2 saturated heterocycles. The second-order valence-corrected chi connectivity index (χ2v) is 7.81. The number of nitrogens with zero attached hydrogens (tertiary/aromatic N) is 3. The highest BCUT2D eigenvalue weighted by Gasteiger charge is 2.55. The quantitative estimate of drug-likeness (QED) is 0.591. The summed E-state index contributed by atoms with van der Waals surface area (Å²) in [6, 6.07) is 5.34. The summed E-state index contributed by atoms with van der Waals surface area (Å²) >= 11 is 0. The van der Waals surface area contributed by atoms with Crippen LogP contribution >= 0.6 is 0 Å². The Hall–Kier alpha value is -2.84. The summed E-state index contributed by atoms with van der Waals surface area (Å²) in [7, 11) is 0. The van der Waals surface area contributed by atoms with Crippen LogP contribution < -0.4 is 4.74 Å². The van der Waals surface area contributed by atoms with Crippen LogP contribution in [0, 0.1) is 15.5 Å². The molecule has 0 saturated carbocycles. The van der Waals surface area contributed by atoms with Crippen molar-refractivity contribution in [1.82, 2.24) is 9.80 Å². The van der Waals surface area contributed by atoms with E-state index in [1.165, 1.54) is 24.3 Å². The standard InChI is InChI=1S/C17H21N3O6/c1-16(2,3)26-15(22)19-10-17(11-19)8-18(9-17)14(21)25-13-6-4-12(5-7-13)20(23)24/h4-7H,8-11H2,1-3H3. The minimum absolute atomic E-state index is 0.0654. The van der Waals surface area contributed by atoms with Crippen molar-refractivity contribution >= 4 is 17.9 Å². The number of rotatable bonds is 2. The zero-order valence-electron chi connectivity index (χ0n) is 14.9. The Labute approximate surface area is 150 Å². The third kappa shape index (κ3) is 3.71. The molecule has 1 spiro atoms. The predicted molar refractivity (Wildman–Crippen MR) is 90.9 cm³/mol. The second kappa shape index (κ2) is 6.15. The molecule has 2 aliphatic heterocycles. The van der Waals surface area contributed by atoms with Gasteiger partial charge in [0.1, 0.15) is 11.4 Å². The highest BCUT2D eigenvalue weighted by molar-refractivity contribution is 5.73. The van der Waals surface area contributed by atoms with Gasteiger partial charge in [-0.1, -0.05) is 0 Å². The maximum Gasteiger partial charge on any atom is 0.415 e. The Balaban J connectivity index is 1.45. The molecule has 0 radical (unpaired) electrons. The molecule has 0 bridgehead atoms. The van der Waals surface area contributed by atoms with Gasteiger partial charge >= 0.3 is 12.2 Å². The molecule has 1 aromatic rings. The first-order valence-electron chi connectivity index (χ1n) is 8.26. The van der Waals surface area contributed by atoms with Crippen LogP contribution in [0.25, 0.3) is 0 Å². The van der Waals surface area contributed by atoms with Crippen molar-refractivity contribution in [3.05, 3.63) is 34.4 Å². The first-order valence-corrected chi connectivity index (χ1v) is 8.26. The molecule has 2 amide bonds. The van der Waals surface area contributed by atoms with Crippen LogP contribution in [0.3, 0.4) is 0 Å². The highest BCUT2D eigenvalue weighted by Crippen LogP contribution is 2.40. The summed E-state index contributed by atoms with van der Waals surface area (Å²) in [5.41, 5.74) is -0.671. The summed E-state index contributed by atoms with van der Waals surface area (Å²) < 4.78 is 10.5. The molecule has 9 heteroatoms. The van der Waals surface area contributed by atoms with E-state index in [1.807, 2.05) is 20.8 Å². The Morgan fingerprint density at radius 3 is 2.00 bits per heavy atom. The van der Waals surface area contributed by atoms with Gasteiger partial charge in [-0.05, 0) is 32.9 Å². The number of hydrogen-bond donors (Lipinski definition) is 0. The third-order valence-corrected chi connectivity index (χ3v) is 4.27. The zero-order chi connectivity index (χ0) is 19.1. The van der Waals surface area contributed by atoms with Crippen LogP contribution in [0.1, 0.15) is 20.8 Å². The fraction of sp³-hybridized carbons (Fsp3) is 0.529. The van der Waals surface area contributed by atoms with E-state index in [0.29, 0.717) is 26.2 Å². The van der Waals surface area contributed by atoms with Crippen molar-refractivity contribution in [1.29, 1.82) is 0 Å². The topological polar surface area (TPSA) is 102 Å². The fourth-order valence-electron chi connectivity index (χ4n) is 3.11. The van der Waals surface area contributed by atoms with E-state index < -0.39 is 16.6 Å². The molecular weight excluding hydrogens is 342 g/mol. The number of amides is 2. The molecule has 3 rings (SSSR count). The lowest BCUT2D eigenvalue weighted by molar-refractivity contribution is -0.384. The molecule has 2 heterocycles. The summed E-state index contributed by atoms with van der Waals surface area (Å²) in [6.07, 6.45) is -0.838. The van der Waals surface area contributed by atoms with Crippen molar-refractivity contribution in [2.45, 2.75) is 26.4 Å². The number of carbonyl (C=O) groups is 2. The minimum Gasteiger partial charge on any atom is -0.444 e. The molecule has 1 aromatic carbocycles. The minimum atomic E-state index is -0.528. The monoisotopic (exact) mass is 363 g/mol. The number of benzene rings is 1. The van der Waals surface area contributed by atoms with Gasteiger partial charge in [-0.3, -0.25) is 10.1 Å². The van der Waals surface area contributed by atoms with Crippen molar-refractivity contribution in [2.24, 2.45) is 5.41 Å². The van der Waals surface area contributed by atoms with E-state index in [2.05, 4.69) is 0 Å². The van der Waals surface area contributed by atoms with E-state index in [9.17, 15) is 19.7 Å². The van der Waals surface area contributed by atoms with Crippen molar-refractivity contribution < 1.29 is 24.0 Å². The third-order valence-electron chi connectivity index (χ3n) is 4.27. The normalized spacial score (nSPS) is 18.0. The van der Waals surface area contributed by atoms with Crippen molar-refractivity contribution in [3.8, 4) is 5.75 Å². The Morgan fingerprint density at radius 2 is 1.54 bits per heavy atom. The molecule has 2 aliphatic rings. The average molecular weight is 363 g/mol. The lowest BCUT2D eigenvalue weighted by atomic mass is 9.73. The van der Waals surface area contributed by atoms with Gasteiger partial charge in [0.2, 0.25) is 0 Å². The summed E-state index contributed by atoms with van der Waals surface area (Å²) in [5.74, 6) is 0.255. The van der Waals surface area contributed by atoms with E-state index in [0.717, 1.165) is 0 Å². The van der Waals surface area contributed by atoms with Crippen LogP contribution in [0.2, 0.25) is 0 Å². The average Bonchev–Trinajstić information content (AvgIpc) is 2.42. The number of nitro benzene ring substituents is 1. The van der Waals surface area contributed by atoms with Crippen LogP contribution in [0.15, 0.2) is 24.3 Å². The largest absolute Gasteiger partial charge is 0.444 e. The van der Waals surface area contributed by atoms with Crippen LogP contribution in [0.4, 0.5) is 15.3 Å². The van der Waals surface area contributed by atoms with Gasteiger partial charge in [-0.25, -0.2) is 9.59 Å². The van der Waals surface area contributed by atoms with Crippen LogP contribution in [-0.2, 0) is 4.74 Å². The van der Waals surface area contributed by atoms with E-state index in [4.69, 9.17) is 9.47 Å². The molecule has 0 aliphatic carbocycles. The summed E-state index contributed by atoms with van der Waals surface area (Å²) in [5, 5.41) is 10.6. The number of likely N-dealkylation sites (tertiary alicyclic amines) is 2. The lowest BCUT2D eigenvalue weighted by Crippen LogP contribution is -2.74. The molecule has 140 valence electrons. The van der Waals surface area contributed by atoms with E-state index in [1.54, 1.807) is 9.80 Å². The number of nitro groups is 1. The smallest absolute Gasteiger partial charge is 0.415 e. The maximum absolute atomic E-state index is 12.1. The Morgan fingerprint density at radius 1 is 1.04 bits per heavy atom. The SMILES string of the molecule is CC(C)(C)OC(=O)N1CC2(CN(C(=O)Oc3ccc([N+](=O)[O-])cc3)C2)C1. The van der Waals surface area contributed by atoms with Gasteiger partial charge in [0, 0.05) is 43.7 Å². The van der Waals surface area contributed by atoms with Gasteiger partial charge in [0.05, 0.1) is 4.92 Å². The van der Waals surface area contributed by atoms with Crippen LogP contribution in [0.5, 0.6) is 5.75 Å². The number of hydrogen-bond acceptors (Lipinski definition) is 6. The molecule has 26 heavy (non-hydrogen) atoms.